The van der Waals surface area contributed by atoms with Gasteiger partial charge < -0.3 is 14.2 Å². The Morgan fingerprint density at radius 2 is 1.69 bits per heavy atom. The Labute approximate surface area is 213 Å². The van der Waals surface area contributed by atoms with Gasteiger partial charge in [-0.05, 0) is 36.1 Å². The highest BCUT2D eigenvalue weighted by molar-refractivity contribution is 5.95. The van der Waals surface area contributed by atoms with Gasteiger partial charge in [0.1, 0.15) is 5.56 Å². The molecule has 1 aliphatic carbocycles. The van der Waals surface area contributed by atoms with E-state index in [0.29, 0.717) is 31.4 Å². The van der Waals surface area contributed by atoms with Crippen LogP contribution in [0.1, 0.15) is 59.4 Å². The average molecular weight is 488 g/mol. The molecule has 2 aliphatic rings. The van der Waals surface area contributed by atoms with E-state index in [1.807, 2.05) is 24.0 Å². The first-order chi connectivity index (χ1) is 17.6. The Balaban J connectivity index is 1.44. The molecule has 3 aromatic rings. The molecular weight excluding hydrogens is 450 g/mol. The van der Waals surface area contributed by atoms with Gasteiger partial charge in [-0.1, -0.05) is 61.7 Å². The van der Waals surface area contributed by atoms with Crippen LogP contribution in [-0.4, -0.2) is 59.6 Å². The molecular formula is C30H37N3O3. The predicted octanol–water partition coefficient (Wildman–Crippen LogP) is 4.60. The van der Waals surface area contributed by atoms with Crippen LogP contribution in [0.4, 0.5) is 0 Å². The van der Waals surface area contributed by atoms with Crippen molar-refractivity contribution in [1.29, 1.82) is 0 Å². The van der Waals surface area contributed by atoms with Crippen molar-refractivity contribution in [2.24, 2.45) is 0 Å². The molecule has 6 heteroatoms. The normalized spacial score (nSPS) is 17.6. The van der Waals surface area contributed by atoms with Gasteiger partial charge >= 0.3 is 0 Å². The summed E-state index contributed by atoms with van der Waals surface area (Å²) in [7, 11) is 1.62. The molecule has 1 amide bonds. The monoisotopic (exact) mass is 487 g/mol. The summed E-state index contributed by atoms with van der Waals surface area (Å²) in [5, 5.41) is 2.35. The molecule has 1 aromatic heterocycles. The van der Waals surface area contributed by atoms with Crippen LogP contribution in [0.3, 0.4) is 0 Å². The fourth-order valence-corrected chi connectivity index (χ4v) is 6.06. The highest BCUT2D eigenvalue weighted by atomic mass is 16.5. The highest BCUT2D eigenvalue weighted by Gasteiger charge is 2.30. The van der Waals surface area contributed by atoms with E-state index in [-0.39, 0.29) is 23.5 Å². The number of nitrogens with zero attached hydrogens (tertiary/aromatic N) is 3. The molecule has 6 nitrogen and oxygen atoms in total. The van der Waals surface area contributed by atoms with Gasteiger partial charge in [-0.2, -0.15) is 0 Å². The first-order valence-corrected chi connectivity index (χ1v) is 13.3. The van der Waals surface area contributed by atoms with Crippen molar-refractivity contribution in [2.75, 3.05) is 33.3 Å². The number of amides is 1. The van der Waals surface area contributed by atoms with E-state index in [1.54, 1.807) is 13.2 Å². The molecule has 36 heavy (non-hydrogen) atoms. The molecule has 2 fully saturated rings. The number of pyridine rings is 1. The SMILES string of the molecule is COCc1c(C(=O)N2CCN(C3CCCCC3)CC2)c(=O)cc(C)n1Cc1cccc2ccccc12. The van der Waals surface area contributed by atoms with Gasteiger partial charge in [0.2, 0.25) is 0 Å². The number of carbonyl (C=O) groups is 1. The molecule has 5 rings (SSSR count). The summed E-state index contributed by atoms with van der Waals surface area (Å²) in [6.45, 7) is 5.81. The van der Waals surface area contributed by atoms with Crippen LogP contribution in [0.2, 0.25) is 0 Å². The smallest absolute Gasteiger partial charge is 0.259 e. The third-order valence-electron chi connectivity index (χ3n) is 8.02. The lowest BCUT2D eigenvalue weighted by Gasteiger charge is -2.40. The molecule has 0 N–H and O–H groups in total. The minimum atomic E-state index is -0.214. The zero-order chi connectivity index (χ0) is 25.1. The zero-order valence-corrected chi connectivity index (χ0v) is 21.5. The van der Waals surface area contributed by atoms with Crippen LogP contribution in [0.15, 0.2) is 53.3 Å². The number of aryl methyl sites for hydroxylation is 1. The predicted molar refractivity (Wildman–Crippen MR) is 144 cm³/mol. The third-order valence-corrected chi connectivity index (χ3v) is 8.02. The quantitative estimate of drug-likeness (QED) is 0.510. The average Bonchev–Trinajstić information content (AvgIpc) is 2.91. The highest BCUT2D eigenvalue weighted by Crippen LogP contribution is 2.25. The fraction of sp³-hybridized carbons (Fsp3) is 0.467. The Morgan fingerprint density at radius 3 is 2.44 bits per heavy atom. The summed E-state index contributed by atoms with van der Waals surface area (Å²) in [4.78, 5) is 31.4. The molecule has 0 bridgehead atoms. The van der Waals surface area contributed by atoms with Crippen molar-refractivity contribution in [3.8, 4) is 0 Å². The van der Waals surface area contributed by atoms with E-state index >= 15 is 0 Å². The number of carbonyl (C=O) groups excluding carboxylic acids is 1. The molecule has 0 radical (unpaired) electrons. The van der Waals surface area contributed by atoms with E-state index < -0.39 is 0 Å². The van der Waals surface area contributed by atoms with Crippen molar-refractivity contribution in [3.63, 3.8) is 0 Å². The van der Waals surface area contributed by atoms with Crippen molar-refractivity contribution >= 4 is 16.7 Å². The molecule has 1 saturated carbocycles. The van der Waals surface area contributed by atoms with E-state index in [9.17, 15) is 9.59 Å². The summed E-state index contributed by atoms with van der Waals surface area (Å²) in [6, 6.07) is 16.8. The van der Waals surface area contributed by atoms with E-state index in [4.69, 9.17) is 4.74 Å². The standard InChI is InChI=1S/C30H37N3O3/c1-22-19-28(34)29(30(35)32-17-15-31(16-18-32)25-12-4-3-5-13-25)27(21-36-2)33(22)20-24-11-8-10-23-9-6-7-14-26(23)24/h6-11,14,19,25H,3-5,12-13,15-18,20-21H2,1-2H3. The largest absolute Gasteiger partial charge is 0.378 e. The lowest BCUT2D eigenvalue weighted by atomic mass is 9.94. The van der Waals surface area contributed by atoms with E-state index in [0.717, 1.165) is 24.3 Å². The van der Waals surface area contributed by atoms with Crippen LogP contribution in [0.5, 0.6) is 0 Å². The summed E-state index contributed by atoms with van der Waals surface area (Å²) in [5.74, 6) is -0.165. The number of hydrogen-bond donors (Lipinski definition) is 0. The van der Waals surface area contributed by atoms with Crippen LogP contribution < -0.4 is 5.43 Å². The lowest BCUT2D eigenvalue weighted by Crippen LogP contribution is -2.53. The number of methoxy groups -OCH3 is 1. The van der Waals surface area contributed by atoms with Gasteiger partial charge in [-0.25, -0.2) is 0 Å². The molecule has 0 spiro atoms. The molecule has 0 unspecified atom stereocenters. The second kappa shape index (κ2) is 11.0. The number of fused-ring (bicyclic) bond motifs is 1. The maximum absolute atomic E-state index is 13.8. The van der Waals surface area contributed by atoms with Crippen LogP contribution in [0, 0.1) is 6.92 Å². The third kappa shape index (κ3) is 4.97. The number of piperazine rings is 1. The van der Waals surface area contributed by atoms with Gasteiger partial charge in [0.15, 0.2) is 5.43 Å². The summed E-state index contributed by atoms with van der Waals surface area (Å²) in [6.07, 6.45) is 6.49. The second-order valence-corrected chi connectivity index (χ2v) is 10.2. The van der Waals surface area contributed by atoms with Crippen LogP contribution in [0.25, 0.3) is 10.8 Å². The lowest BCUT2D eigenvalue weighted by molar-refractivity contribution is 0.0517. The van der Waals surface area contributed by atoms with Crippen molar-refractivity contribution < 1.29 is 9.53 Å². The molecule has 0 atom stereocenters. The van der Waals surface area contributed by atoms with Crippen molar-refractivity contribution in [1.82, 2.24) is 14.4 Å². The van der Waals surface area contributed by atoms with Crippen LogP contribution >= 0.6 is 0 Å². The molecule has 1 aliphatic heterocycles. The second-order valence-electron chi connectivity index (χ2n) is 10.2. The Hall–Kier alpha value is -2.96. The van der Waals surface area contributed by atoms with Crippen LogP contribution in [-0.2, 0) is 17.9 Å². The Kier molecular flexibility index (Phi) is 7.54. The molecule has 2 heterocycles. The number of rotatable bonds is 6. The minimum absolute atomic E-state index is 0.165. The molecule has 190 valence electrons. The fourth-order valence-electron chi connectivity index (χ4n) is 6.06. The summed E-state index contributed by atoms with van der Waals surface area (Å²) in [5.41, 5.74) is 2.69. The zero-order valence-electron chi connectivity index (χ0n) is 21.5. The number of benzene rings is 2. The maximum atomic E-state index is 13.8. The maximum Gasteiger partial charge on any atom is 0.259 e. The van der Waals surface area contributed by atoms with Gasteiger partial charge in [0.25, 0.3) is 5.91 Å². The summed E-state index contributed by atoms with van der Waals surface area (Å²) >= 11 is 0. The number of aromatic nitrogens is 1. The minimum Gasteiger partial charge on any atom is -0.378 e. The van der Waals surface area contributed by atoms with Gasteiger partial charge in [-0.3, -0.25) is 14.5 Å². The van der Waals surface area contributed by atoms with Crippen molar-refractivity contribution in [2.45, 2.75) is 58.2 Å². The summed E-state index contributed by atoms with van der Waals surface area (Å²) < 4.78 is 7.62. The first kappa shape index (κ1) is 24.7. The number of ether oxygens (including phenoxy) is 1. The Bertz CT molecular complexity index is 1280. The van der Waals surface area contributed by atoms with E-state index in [1.165, 1.54) is 42.9 Å². The molecule has 2 aromatic carbocycles. The van der Waals surface area contributed by atoms with Gasteiger partial charge in [-0.15, -0.1) is 0 Å². The topological polar surface area (TPSA) is 54.8 Å². The number of hydrogen-bond acceptors (Lipinski definition) is 4. The molecule has 1 saturated heterocycles. The van der Waals surface area contributed by atoms with Gasteiger partial charge in [0.05, 0.1) is 12.3 Å². The first-order valence-electron chi connectivity index (χ1n) is 13.3. The van der Waals surface area contributed by atoms with E-state index in [2.05, 4.69) is 39.8 Å². The van der Waals surface area contributed by atoms with Crippen molar-refractivity contribution in [3.05, 3.63) is 81.3 Å². The Morgan fingerprint density at radius 1 is 0.972 bits per heavy atom. The van der Waals surface area contributed by atoms with Gasteiger partial charge in [0, 0.05) is 57.6 Å².